The fraction of sp³-hybridized carbons (Fsp3) is 0.125. The zero-order valence-corrected chi connectivity index (χ0v) is 12.0. The summed E-state index contributed by atoms with van der Waals surface area (Å²) in [6, 6.07) is 14.8. The van der Waals surface area contributed by atoms with Crippen molar-refractivity contribution in [2.24, 2.45) is 5.73 Å². The van der Waals surface area contributed by atoms with Gasteiger partial charge in [0.05, 0.1) is 16.5 Å². The van der Waals surface area contributed by atoms with Crippen LogP contribution in [0.1, 0.15) is 15.9 Å². The second-order valence-electron chi connectivity index (χ2n) is 4.82. The molecule has 0 radical (unpaired) electrons. The Morgan fingerprint density at radius 2 is 1.81 bits per heavy atom. The monoisotopic (exact) mass is 298 g/mol. The number of primary amides is 1. The SMILES string of the molecule is NC(=O)c1ccccc1NC(=O)C1Cc2ccccc2S1. The summed E-state index contributed by atoms with van der Waals surface area (Å²) in [4.78, 5) is 24.9. The highest BCUT2D eigenvalue weighted by Crippen LogP contribution is 2.37. The van der Waals surface area contributed by atoms with E-state index < -0.39 is 5.91 Å². The van der Waals surface area contributed by atoms with Crippen LogP contribution >= 0.6 is 11.8 Å². The Hall–Kier alpha value is -2.27. The number of carbonyl (C=O) groups excluding carboxylic acids is 2. The molecule has 0 saturated heterocycles. The van der Waals surface area contributed by atoms with Gasteiger partial charge < -0.3 is 11.1 Å². The summed E-state index contributed by atoms with van der Waals surface area (Å²) in [7, 11) is 0. The van der Waals surface area contributed by atoms with Crippen molar-refractivity contribution < 1.29 is 9.59 Å². The van der Waals surface area contributed by atoms with Gasteiger partial charge in [0.15, 0.2) is 0 Å². The van der Waals surface area contributed by atoms with E-state index in [2.05, 4.69) is 5.32 Å². The maximum Gasteiger partial charge on any atom is 0.250 e. The van der Waals surface area contributed by atoms with Crippen LogP contribution in [-0.4, -0.2) is 17.1 Å². The third kappa shape index (κ3) is 2.78. The topological polar surface area (TPSA) is 72.2 Å². The summed E-state index contributed by atoms with van der Waals surface area (Å²) in [6.07, 6.45) is 0.700. The average Bonchev–Trinajstić information content (AvgIpc) is 2.91. The van der Waals surface area contributed by atoms with Crippen molar-refractivity contribution in [3.05, 3.63) is 59.7 Å². The lowest BCUT2D eigenvalue weighted by molar-refractivity contribution is -0.115. The second kappa shape index (κ2) is 5.61. The minimum Gasteiger partial charge on any atom is -0.366 e. The minimum atomic E-state index is -0.548. The molecule has 1 heterocycles. The van der Waals surface area contributed by atoms with Gasteiger partial charge in [-0.25, -0.2) is 0 Å². The Labute approximate surface area is 126 Å². The summed E-state index contributed by atoms with van der Waals surface area (Å²) >= 11 is 1.55. The molecule has 0 bridgehead atoms. The molecule has 0 aliphatic carbocycles. The fourth-order valence-electron chi connectivity index (χ4n) is 2.35. The normalized spacial score (nSPS) is 16.3. The predicted molar refractivity (Wildman–Crippen MR) is 83.4 cm³/mol. The number of benzene rings is 2. The number of hydrogen-bond donors (Lipinski definition) is 2. The molecule has 21 heavy (non-hydrogen) atoms. The highest BCUT2D eigenvalue weighted by atomic mass is 32.2. The van der Waals surface area contributed by atoms with E-state index in [1.165, 1.54) is 5.56 Å². The van der Waals surface area contributed by atoms with Crippen LogP contribution in [0.3, 0.4) is 0 Å². The molecule has 0 spiro atoms. The number of nitrogens with two attached hydrogens (primary N) is 1. The van der Waals surface area contributed by atoms with Gasteiger partial charge in [-0.15, -0.1) is 11.8 Å². The number of rotatable bonds is 3. The van der Waals surface area contributed by atoms with Crippen molar-refractivity contribution in [3.63, 3.8) is 0 Å². The molecule has 1 aliphatic heterocycles. The molecule has 3 rings (SSSR count). The number of amides is 2. The molecule has 3 N–H and O–H groups in total. The van der Waals surface area contributed by atoms with Gasteiger partial charge in [-0.1, -0.05) is 30.3 Å². The van der Waals surface area contributed by atoms with E-state index in [4.69, 9.17) is 5.73 Å². The molecule has 1 unspecified atom stereocenters. The molecular weight excluding hydrogens is 284 g/mol. The minimum absolute atomic E-state index is 0.107. The first-order chi connectivity index (χ1) is 10.1. The van der Waals surface area contributed by atoms with E-state index in [9.17, 15) is 9.59 Å². The number of para-hydroxylation sites is 1. The highest BCUT2D eigenvalue weighted by Gasteiger charge is 2.28. The van der Waals surface area contributed by atoms with Gasteiger partial charge in [-0.3, -0.25) is 9.59 Å². The van der Waals surface area contributed by atoms with E-state index >= 15 is 0 Å². The number of nitrogens with one attached hydrogen (secondary N) is 1. The zero-order valence-electron chi connectivity index (χ0n) is 11.2. The third-order valence-corrected chi connectivity index (χ3v) is 4.71. The molecular formula is C16H14N2O2S. The van der Waals surface area contributed by atoms with Crippen molar-refractivity contribution in [1.29, 1.82) is 0 Å². The molecule has 4 nitrogen and oxygen atoms in total. The van der Waals surface area contributed by atoms with Crippen LogP contribution in [0.2, 0.25) is 0 Å². The number of thioether (sulfide) groups is 1. The fourth-order valence-corrected chi connectivity index (χ4v) is 3.54. The summed E-state index contributed by atoms with van der Waals surface area (Å²) in [5, 5.41) is 2.63. The lowest BCUT2D eigenvalue weighted by Gasteiger charge is -2.12. The lowest BCUT2D eigenvalue weighted by atomic mass is 10.1. The number of fused-ring (bicyclic) bond motifs is 1. The van der Waals surface area contributed by atoms with Crippen LogP contribution in [0.15, 0.2) is 53.4 Å². The quantitative estimate of drug-likeness (QED) is 0.914. The van der Waals surface area contributed by atoms with Gasteiger partial charge in [0.1, 0.15) is 0 Å². The molecule has 2 amide bonds. The van der Waals surface area contributed by atoms with E-state index in [0.717, 1.165) is 4.90 Å². The standard InChI is InChI=1S/C16H14N2O2S/c17-15(19)11-6-2-3-7-12(11)18-16(20)14-9-10-5-1-4-8-13(10)21-14/h1-8,14H,9H2,(H2,17,19)(H,18,20). The smallest absolute Gasteiger partial charge is 0.250 e. The third-order valence-electron chi connectivity index (χ3n) is 3.39. The first-order valence-corrected chi connectivity index (χ1v) is 7.47. The Morgan fingerprint density at radius 3 is 2.57 bits per heavy atom. The van der Waals surface area contributed by atoms with Crippen molar-refractivity contribution in [1.82, 2.24) is 0 Å². The van der Waals surface area contributed by atoms with Crippen LogP contribution in [0, 0.1) is 0 Å². The van der Waals surface area contributed by atoms with Crippen molar-refractivity contribution >= 4 is 29.3 Å². The summed E-state index contributed by atoms with van der Waals surface area (Å²) in [5.41, 5.74) is 7.29. The first-order valence-electron chi connectivity index (χ1n) is 6.59. The Balaban J connectivity index is 1.76. The summed E-state index contributed by atoms with van der Waals surface area (Å²) in [5.74, 6) is -0.654. The average molecular weight is 298 g/mol. The van der Waals surface area contributed by atoms with E-state index in [-0.39, 0.29) is 11.2 Å². The highest BCUT2D eigenvalue weighted by molar-refractivity contribution is 8.01. The van der Waals surface area contributed by atoms with Crippen molar-refractivity contribution in [3.8, 4) is 0 Å². The molecule has 5 heteroatoms. The second-order valence-corrected chi connectivity index (χ2v) is 6.06. The molecule has 0 saturated carbocycles. The molecule has 106 valence electrons. The number of anilines is 1. The Bertz CT molecular complexity index is 690. The lowest BCUT2D eigenvalue weighted by Crippen LogP contribution is -2.26. The summed E-state index contributed by atoms with van der Waals surface area (Å²) < 4.78 is 0. The molecule has 2 aromatic carbocycles. The van der Waals surface area contributed by atoms with Crippen LogP contribution < -0.4 is 11.1 Å². The maximum absolute atomic E-state index is 12.4. The van der Waals surface area contributed by atoms with Gasteiger partial charge in [-0.2, -0.15) is 0 Å². The maximum atomic E-state index is 12.4. The van der Waals surface area contributed by atoms with Gasteiger partial charge >= 0.3 is 0 Å². The Morgan fingerprint density at radius 1 is 1.10 bits per heavy atom. The van der Waals surface area contributed by atoms with Gasteiger partial charge in [0, 0.05) is 4.90 Å². The van der Waals surface area contributed by atoms with Gasteiger partial charge in [0.2, 0.25) is 5.91 Å². The summed E-state index contributed by atoms with van der Waals surface area (Å²) in [6.45, 7) is 0. The van der Waals surface area contributed by atoms with Crippen molar-refractivity contribution in [2.45, 2.75) is 16.6 Å². The number of hydrogen-bond acceptors (Lipinski definition) is 3. The molecule has 0 aromatic heterocycles. The van der Waals surface area contributed by atoms with Crippen molar-refractivity contribution in [2.75, 3.05) is 5.32 Å². The van der Waals surface area contributed by atoms with E-state index in [0.29, 0.717) is 17.7 Å². The predicted octanol–water partition coefficient (Wildman–Crippen LogP) is 2.44. The zero-order chi connectivity index (χ0) is 14.8. The molecule has 0 fully saturated rings. The van der Waals surface area contributed by atoms with Crippen LogP contribution in [0.25, 0.3) is 0 Å². The van der Waals surface area contributed by atoms with E-state index in [1.54, 1.807) is 36.0 Å². The van der Waals surface area contributed by atoms with Crippen LogP contribution in [0.4, 0.5) is 5.69 Å². The molecule has 1 atom stereocenters. The van der Waals surface area contributed by atoms with Crippen LogP contribution in [-0.2, 0) is 11.2 Å². The number of carbonyl (C=O) groups is 2. The largest absolute Gasteiger partial charge is 0.366 e. The molecule has 1 aliphatic rings. The van der Waals surface area contributed by atoms with E-state index in [1.807, 2.05) is 24.3 Å². The van der Waals surface area contributed by atoms with Gasteiger partial charge in [-0.05, 0) is 30.2 Å². The van der Waals surface area contributed by atoms with Gasteiger partial charge in [0.25, 0.3) is 5.91 Å². The first kappa shape index (κ1) is 13.7. The molecule has 2 aromatic rings. The Kier molecular flexibility index (Phi) is 3.66. The van der Waals surface area contributed by atoms with Crippen LogP contribution in [0.5, 0.6) is 0 Å².